The molecule has 0 bridgehead atoms. The molecular weight excluding hydrogens is 382 g/mol. The maximum absolute atomic E-state index is 12.7. The van der Waals surface area contributed by atoms with E-state index in [9.17, 15) is 4.79 Å². The van der Waals surface area contributed by atoms with Crippen molar-refractivity contribution in [3.05, 3.63) is 90.3 Å². The summed E-state index contributed by atoms with van der Waals surface area (Å²) in [6, 6.07) is 23.5. The molecule has 4 heteroatoms. The lowest BCUT2D eigenvalue weighted by molar-refractivity contribution is -0.130. The second-order valence-corrected chi connectivity index (χ2v) is 8.94. The van der Waals surface area contributed by atoms with Crippen molar-refractivity contribution in [2.75, 3.05) is 26.2 Å². The van der Waals surface area contributed by atoms with Gasteiger partial charge in [-0.05, 0) is 46.6 Å². The van der Waals surface area contributed by atoms with E-state index in [0.29, 0.717) is 24.2 Å². The van der Waals surface area contributed by atoms with Gasteiger partial charge in [-0.1, -0.05) is 60.7 Å². The molecule has 5 rings (SSSR count). The molecule has 2 aromatic carbocycles. The predicted octanol–water partition coefficient (Wildman–Crippen LogP) is 4.27. The first-order valence-electron chi connectivity index (χ1n) is 11.3. The molecule has 2 aliphatic rings. The van der Waals surface area contributed by atoms with E-state index < -0.39 is 0 Å². The largest absolute Gasteiger partial charge is 0.342 e. The Kier molecular flexibility index (Phi) is 5.81. The van der Waals surface area contributed by atoms with Crippen LogP contribution in [0.5, 0.6) is 0 Å². The summed E-state index contributed by atoms with van der Waals surface area (Å²) in [6.45, 7) is 5.02. The highest BCUT2D eigenvalue weighted by Crippen LogP contribution is 2.32. The minimum atomic E-state index is 0.293. The number of aromatic nitrogens is 1. The van der Waals surface area contributed by atoms with Crippen LogP contribution >= 0.6 is 0 Å². The number of benzene rings is 2. The van der Waals surface area contributed by atoms with Gasteiger partial charge in [0.2, 0.25) is 5.91 Å². The van der Waals surface area contributed by atoms with E-state index in [-0.39, 0.29) is 0 Å². The molecule has 1 aromatic heterocycles. The van der Waals surface area contributed by atoms with E-state index in [4.69, 9.17) is 0 Å². The van der Waals surface area contributed by atoms with Crippen LogP contribution < -0.4 is 0 Å². The maximum Gasteiger partial charge on any atom is 0.222 e. The molecule has 1 amide bonds. The first-order valence-corrected chi connectivity index (χ1v) is 11.3. The molecule has 2 fully saturated rings. The number of rotatable bonds is 6. The van der Waals surface area contributed by atoms with Gasteiger partial charge in [0.1, 0.15) is 0 Å². The highest BCUT2D eigenvalue weighted by atomic mass is 16.2. The van der Waals surface area contributed by atoms with Gasteiger partial charge in [0.25, 0.3) is 0 Å². The Labute approximate surface area is 184 Å². The number of likely N-dealkylation sites (tertiary alicyclic amines) is 2. The minimum Gasteiger partial charge on any atom is -0.342 e. The summed E-state index contributed by atoms with van der Waals surface area (Å²) in [6.07, 6.45) is 5.00. The van der Waals surface area contributed by atoms with E-state index in [1.54, 1.807) is 6.20 Å². The van der Waals surface area contributed by atoms with Crippen molar-refractivity contribution in [1.29, 1.82) is 0 Å². The zero-order valence-electron chi connectivity index (χ0n) is 17.9. The fourth-order valence-electron chi connectivity index (χ4n) is 5.07. The number of nitrogens with zero attached hydrogens (tertiary/aromatic N) is 3. The van der Waals surface area contributed by atoms with Crippen LogP contribution in [0.15, 0.2) is 79.1 Å². The van der Waals surface area contributed by atoms with Crippen LogP contribution in [-0.2, 0) is 17.8 Å². The molecular formula is C27H29N3O. The Morgan fingerprint density at radius 1 is 0.806 bits per heavy atom. The smallest absolute Gasteiger partial charge is 0.222 e. The Balaban J connectivity index is 1.11. The third-order valence-electron chi connectivity index (χ3n) is 6.73. The molecule has 0 N–H and O–H groups in total. The number of carbonyl (C=O) groups is 1. The summed E-state index contributed by atoms with van der Waals surface area (Å²) in [4.78, 5) is 21.5. The molecule has 4 nitrogen and oxygen atoms in total. The van der Waals surface area contributed by atoms with Crippen molar-refractivity contribution in [3.8, 4) is 11.1 Å². The topological polar surface area (TPSA) is 36.4 Å². The van der Waals surface area contributed by atoms with Gasteiger partial charge in [-0.15, -0.1) is 0 Å². The summed E-state index contributed by atoms with van der Waals surface area (Å²) in [7, 11) is 0. The molecule has 31 heavy (non-hydrogen) atoms. The van der Waals surface area contributed by atoms with Gasteiger partial charge in [0, 0.05) is 51.5 Å². The number of carbonyl (C=O) groups excluding carboxylic acids is 1. The SMILES string of the molecule is O=C(CCc1cccnc1)N1C[C@@H]2CN(Cc3ccc(-c4ccccc4)cc3)C[C@H]2C1. The lowest BCUT2D eigenvalue weighted by atomic mass is 10.0. The number of hydrogen-bond donors (Lipinski definition) is 0. The van der Waals surface area contributed by atoms with Crippen LogP contribution in [-0.4, -0.2) is 46.9 Å². The van der Waals surface area contributed by atoms with E-state index in [1.807, 2.05) is 18.3 Å². The number of aryl methyl sites for hydroxylation is 1. The van der Waals surface area contributed by atoms with Crippen LogP contribution in [0.25, 0.3) is 11.1 Å². The third-order valence-corrected chi connectivity index (χ3v) is 6.73. The molecule has 0 saturated carbocycles. The molecule has 0 radical (unpaired) electrons. The molecule has 2 saturated heterocycles. The quantitative estimate of drug-likeness (QED) is 0.608. The van der Waals surface area contributed by atoms with Crippen LogP contribution in [0.1, 0.15) is 17.5 Å². The van der Waals surface area contributed by atoms with Gasteiger partial charge >= 0.3 is 0 Å². The first kappa shape index (κ1) is 20.0. The van der Waals surface area contributed by atoms with Crippen molar-refractivity contribution in [2.45, 2.75) is 19.4 Å². The van der Waals surface area contributed by atoms with E-state index in [1.165, 1.54) is 16.7 Å². The fraction of sp³-hybridized carbons (Fsp3) is 0.333. The molecule has 0 spiro atoms. The third kappa shape index (κ3) is 4.70. The molecule has 0 unspecified atom stereocenters. The van der Waals surface area contributed by atoms with E-state index in [2.05, 4.69) is 69.4 Å². The zero-order valence-corrected chi connectivity index (χ0v) is 17.9. The van der Waals surface area contributed by atoms with Crippen molar-refractivity contribution in [1.82, 2.24) is 14.8 Å². The van der Waals surface area contributed by atoms with E-state index >= 15 is 0 Å². The van der Waals surface area contributed by atoms with Gasteiger partial charge in [-0.3, -0.25) is 14.7 Å². The van der Waals surface area contributed by atoms with Crippen LogP contribution in [0.2, 0.25) is 0 Å². The average molecular weight is 412 g/mol. The molecule has 158 valence electrons. The lowest BCUT2D eigenvalue weighted by Gasteiger charge is -2.22. The lowest BCUT2D eigenvalue weighted by Crippen LogP contribution is -2.33. The van der Waals surface area contributed by atoms with Gasteiger partial charge in [0.15, 0.2) is 0 Å². The maximum atomic E-state index is 12.7. The zero-order chi connectivity index (χ0) is 21.0. The Morgan fingerprint density at radius 3 is 2.19 bits per heavy atom. The van der Waals surface area contributed by atoms with Gasteiger partial charge in [-0.2, -0.15) is 0 Å². The van der Waals surface area contributed by atoms with Crippen LogP contribution in [0, 0.1) is 11.8 Å². The monoisotopic (exact) mass is 411 g/mol. The molecule has 2 aliphatic heterocycles. The van der Waals surface area contributed by atoms with Crippen molar-refractivity contribution in [3.63, 3.8) is 0 Å². The normalized spacial score (nSPS) is 20.7. The van der Waals surface area contributed by atoms with Crippen LogP contribution in [0.3, 0.4) is 0 Å². The Hall–Kier alpha value is -2.98. The van der Waals surface area contributed by atoms with Crippen LogP contribution in [0.4, 0.5) is 0 Å². The first-order chi connectivity index (χ1) is 15.2. The van der Waals surface area contributed by atoms with Crippen molar-refractivity contribution in [2.24, 2.45) is 11.8 Å². The minimum absolute atomic E-state index is 0.293. The fourth-order valence-corrected chi connectivity index (χ4v) is 5.07. The number of fused-ring (bicyclic) bond motifs is 1. The summed E-state index contributed by atoms with van der Waals surface area (Å²) >= 11 is 0. The molecule has 0 aliphatic carbocycles. The summed E-state index contributed by atoms with van der Waals surface area (Å²) in [5.74, 6) is 1.53. The molecule has 2 atom stereocenters. The molecule has 3 aromatic rings. The number of amides is 1. The predicted molar refractivity (Wildman–Crippen MR) is 123 cm³/mol. The highest BCUT2D eigenvalue weighted by molar-refractivity contribution is 5.76. The second-order valence-electron chi connectivity index (χ2n) is 8.94. The standard InChI is InChI=1S/C27H29N3O/c31-27(13-10-21-5-4-14-28-15-21)30-19-25-17-29(18-26(25)20-30)16-22-8-11-24(12-9-22)23-6-2-1-3-7-23/h1-9,11-12,14-15,25-26H,10,13,16-20H2/t25-,26-/m0/s1. The van der Waals surface area contributed by atoms with Gasteiger partial charge < -0.3 is 4.90 Å². The summed E-state index contributed by atoms with van der Waals surface area (Å²) in [5.41, 5.74) is 5.03. The highest BCUT2D eigenvalue weighted by Gasteiger charge is 2.41. The van der Waals surface area contributed by atoms with Crippen molar-refractivity contribution >= 4 is 5.91 Å². The number of hydrogen-bond acceptors (Lipinski definition) is 3. The summed E-state index contributed by atoms with van der Waals surface area (Å²) < 4.78 is 0. The van der Waals surface area contributed by atoms with Gasteiger partial charge in [0.05, 0.1) is 0 Å². The second kappa shape index (κ2) is 9.03. The Morgan fingerprint density at radius 2 is 1.52 bits per heavy atom. The summed E-state index contributed by atoms with van der Waals surface area (Å²) in [5, 5.41) is 0. The number of pyridine rings is 1. The average Bonchev–Trinajstić information content (AvgIpc) is 3.38. The van der Waals surface area contributed by atoms with E-state index in [0.717, 1.165) is 44.7 Å². The van der Waals surface area contributed by atoms with Gasteiger partial charge in [-0.25, -0.2) is 0 Å². The van der Waals surface area contributed by atoms with Crippen molar-refractivity contribution < 1.29 is 4.79 Å². The molecule has 3 heterocycles. The Bertz CT molecular complexity index is 990.